The van der Waals surface area contributed by atoms with E-state index in [1.807, 2.05) is 12.1 Å². The predicted octanol–water partition coefficient (Wildman–Crippen LogP) is 3.30. The fourth-order valence-corrected chi connectivity index (χ4v) is 1.90. The van der Waals surface area contributed by atoms with Crippen molar-refractivity contribution in [1.29, 1.82) is 0 Å². The molecule has 0 unspecified atom stereocenters. The first-order valence-corrected chi connectivity index (χ1v) is 6.45. The van der Waals surface area contributed by atoms with Gasteiger partial charge < -0.3 is 11.1 Å². The molecule has 0 heterocycles. The van der Waals surface area contributed by atoms with Crippen molar-refractivity contribution in [3.63, 3.8) is 0 Å². The van der Waals surface area contributed by atoms with E-state index in [0.29, 0.717) is 16.7 Å². The van der Waals surface area contributed by atoms with Crippen LogP contribution in [0.1, 0.15) is 15.9 Å². The zero-order valence-corrected chi connectivity index (χ0v) is 11.6. The molecule has 2 aromatic carbocycles. The van der Waals surface area contributed by atoms with E-state index in [4.69, 9.17) is 5.73 Å². The van der Waals surface area contributed by atoms with Gasteiger partial charge in [-0.15, -0.1) is 0 Å². The molecule has 5 heteroatoms. The Labute approximate surface area is 118 Å². The molecule has 0 aliphatic carbocycles. The van der Waals surface area contributed by atoms with Gasteiger partial charge in [-0.05, 0) is 45.8 Å². The number of benzene rings is 2. The SMILES string of the molecule is NCc1ccccc1NC(=O)c1ccc(Br)c(F)c1. The Hall–Kier alpha value is -1.72. The molecular weight excluding hydrogens is 311 g/mol. The number of hydrogen-bond donors (Lipinski definition) is 2. The minimum Gasteiger partial charge on any atom is -0.326 e. The molecule has 0 radical (unpaired) electrons. The van der Waals surface area contributed by atoms with Gasteiger partial charge in [-0.25, -0.2) is 4.39 Å². The third-order valence-corrected chi connectivity index (χ3v) is 3.31. The summed E-state index contributed by atoms with van der Waals surface area (Å²) in [6.07, 6.45) is 0. The molecule has 0 aromatic heterocycles. The number of nitrogens with one attached hydrogen (secondary N) is 1. The lowest BCUT2D eigenvalue weighted by Gasteiger charge is -2.09. The molecule has 1 amide bonds. The Morgan fingerprint density at radius 3 is 2.68 bits per heavy atom. The van der Waals surface area contributed by atoms with Gasteiger partial charge in [0.25, 0.3) is 5.91 Å². The van der Waals surface area contributed by atoms with Gasteiger partial charge in [0.15, 0.2) is 0 Å². The molecular formula is C14H12BrFN2O. The van der Waals surface area contributed by atoms with Crippen LogP contribution in [0.2, 0.25) is 0 Å². The van der Waals surface area contributed by atoms with E-state index in [1.165, 1.54) is 12.1 Å². The molecule has 3 N–H and O–H groups in total. The van der Waals surface area contributed by atoms with Crippen molar-refractivity contribution in [2.45, 2.75) is 6.54 Å². The molecule has 0 spiro atoms. The zero-order chi connectivity index (χ0) is 13.8. The van der Waals surface area contributed by atoms with Gasteiger partial charge in [0.05, 0.1) is 4.47 Å². The highest BCUT2D eigenvalue weighted by Crippen LogP contribution is 2.19. The summed E-state index contributed by atoms with van der Waals surface area (Å²) < 4.78 is 13.7. The smallest absolute Gasteiger partial charge is 0.255 e. The van der Waals surface area contributed by atoms with E-state index in [-0.39, 0.29) is 11.5 Å². The van der Waals surface area contributed by atoms with Gasteiger partial charge in [0, 0.05) is 17.8 Å². The Morgan fingerprint density at radius 2 is 2.00 bits per heavy atom. The monoisotopic (exact) mass is 322 g/mol. The van der Waals surface area contributed by atoms with Crippen molar-refractivity contribution >= 4 is 27.5 Å². The van der Waals surface area contributed by atoms with Crippen LogP contribution in [0.15, 0.2) is 46.9 Å². The number of hydrogen-bond acceptors (Lipinski definition) is 2. The number of para-hydroxylation sites is 1. The zero-order valence-electron chi connectivity index (χ0n) is 9.99. The highest BCUT2D eigenvalue weighted by molar-refractivity contribution is 9.10. The standard InChI is InChI=1S/C14H12BrFN2O/c15-11-6-5-9(7-12(11)16)14(19)18-13-4-2-1-3-10(13)8-17/h1-7H,8,17H2,(H,18,19). The Morgan fingerprint density at radius 1 is 1.26 bits per heavy atom. The maximum atomic E-state index is 13.4. The second-order valence-electron chi connectivity index (χ2n) is 3.94. The van der Waals surface area contributed by atoms with Crippen LogP contribution in [0, 0.1) is 5.82 Å². The highest BCUT2D eigenvalue weighted by atomic mass is 79.9. The predicted molar refractivity (Wildman–Crippen MR) is 76.4 cm³/mol. The molecule has 3 nitrogen and oxygen atoms in total. The third-order valence-electron chi connectivity index (χ3n) is 2.67. The first-order valence-electron chi connectivity index (χ1n) is 5.66. The van der Waals surface area contributed by atoms with Gasteiger partial charge >= 0.3 is 0 Å². The number of rotatable bonds is 3. The van der Waals surface area contributed by atoms with Crippen LogP contribution >= 0.6 is 15.9 Å². The number of halogens is 2. The van der Waals surface area contributed by atoms with Crippen molar-refractivity contribution in [3.05, 3.63) is 63.9 Å². The van der Waals surface area contributed by atoms with E-state index in [0.717, 1.165) is 5.56 Å². The number of anilines is 1. The van der Waals surface area contributed by atoms with Crippen LogP contribution in [0.25, 0.3) is 0 Å². The van der Waals surface area contributed by atoms with Gasteiger partial charge in [0.1, 0.15) is 5.82 Å². The van der Waals surface area contributed by atoms with Crippen molar-refractivity contribution < 1.29 is 9.18 Å². The summed E-state index contributed by atoms with van der Waals surface area (Å²) in [7, 11) is 0. The normalized spacial score (nSPS) is 10.3. The van der Waals surface area contributed by atoms with Gasteiger partial charge in [-0.2, -0.15) is 0 Å². The minimum absolute atomic E-state index is 0.257. The molecule has 0 saturated carbocycles. The summed E-state index contributed by atoms with van der Waals surface area (Å²) >= 11 is 3.04. The van der Waals surface area contributed by atoms with E-state index in [1.54, 1.807) is 18.2 Å². The summed E-state index contributed by atoms with van der Waals surface area (Å²) in [5.74, 6) is -0.841. The van der Waals surface area contributed by atoms with E-state index >= 15 is 0 Å². The molecule has 0 saturated heterocycles. The van der Waals surface area contributed by atoms with Crippen LogP contribution < -0.4 is 11.1 Å². The molecule has 2 rings (SSSR count). The maximum absolute atomic E-state index is 13.4. The highest BCUT2D eigenvalue weighted by Gasteiger charge is 2.10. The third kappa shape index (κ3) is 3.19. The minimum atomic E-state index is -0.472. The lowest BCUT2D eigenvalue weighted by Crippen LogP contribution is -2.14. The van der Waals surface area contributed by atoms with Crippen LogP contribution in [0.3, 0.4) is 0 Å². The number of carbonyl (C=O) groups excluding carboxylic acids is 1. The summed E-state index contributed by atoms with van der Waals surface area (Å²) in [6, 6.07) is 11.5. The van der Waals surface area contributed by atoms with Gasteiger partial charge in [0.2, 0.25) is 0 Å². The Kier molecular flexibility index (Phi) is 4.29. The first-order chi connectivity index (χ1) is 9.11. The van der Waals surface area contributed by atoms with Crippen LogP contribution in [-0.2, 0) is 6.54 Å². The lowest BCUT2D eigenvalue weighted by atomic mass is 10.1. The largest absolute Gasteiger partial charge is 0.326 e. The average Bonchev–Trinajstić information content (AvgIpc) is 2.42. The molecule has 19 heavy (non-hydrogen) atoms. The fraction of sp³-hybridized carbons (Fsp3) is 0.0714. The van der Waals surface area contributed by atoms with Crippen LogP contribution in [0.4, 0.5) is 10.1 Å². The first kappa shape index (κ1) is 13.7. The summed E-state index contributed by atoms with van der Waals surface area (Å²) in [6.45, 7) is 0.325. The number of amides is 1. The second-order valence-corrected chi connectivity index (χ2v) is 4.80. The summed E-state index contributed by atoms with van der Waals surface area (Å²) in [5, 5.41) is 2.72. The molecule has 0 bridgehead atoms. The van der Waals surface area contributed by atoms with Crippen molar-refractivity contribution in [2.24, 2.45) is 5.73 Å². The molecule has 2 aromatic rings. The van der Waals surface area contributed by atoms with Crippen LogP contribution in [-0.4, -0.2) is 5.91 Å². The van der Waals surface area contributed by atoms with Gasteiger partial charge in [-0.1, -0.05) is 18.2 Å². The molecule has 0 fully saturated rings. The van der Waals surface area contributed by atoms with Crippen molar-refractivity contribution in [2.75, 3.05) is 5.32 Å². The molecule has 0 aliphatic rings. The quantitative estimate of drug-likeness (QED) is 0.911. The van der Waals surface area contributed by atoms with E-state index in [9.17, 15) is 9.18 Å². The van der Waals surface area contributed by atoms with Crippen molar-refractivity contribution in [1.82, 2.24) is 0 Å². The maximum Gasteiger partial charge on any atom is 0.255 e. The van der Waals surface area contributed by atoms with Crippen molar-refractivity contribution in [3.8, 4) is 0 Å². The van der Waals surface area contributed by atoms with E-state index in [2.05, 4.69) is 21.2 Å². The Bertz CT molecular complexity index is 616. The Balaban J connectivity index is 2.23. The average molecular weight is 323 g/mol. The second kappa shape index (κ2) is 5.95. The topological polar surface area (TPSA) is 55.1 Å². The molecule has 0 aliphatic heterocycles. The molecule has 0 atom stereocenters. The van der Waals surface area contributed by atoms with E-state index < -0.39 is 5.82 Å². The fourth-order valence-electron chi connectivity index (χ4n) is 1.65. The van der Waals surface area contributed by atoms with Crippen LogP contribution in [0.5, 0.6) is 0 Å². The number of carbonyl (C=O) groups is 1. The summed E-state index contributed by atoms with van der Waals surface area (Å²) in [4.78, 5) is 12.0. The molecule has 98 valence electrons. The lowest BCUT2D eigenvalue weighted by molar-refractivity contribution is 0.102. The van der Waals surface area contributed by atoms with Gasteiger partial charge in [-0.3, -0.25) is 4.79 Å². The summed E-state index contributed by atoms with van der Waals surface area (Å²) in [5.41, 5.74) is 7.31. The number of nitrogens with two attached hydrogens (primary N) is 1.